The Labute approximate surface area is 110 Å². The SMILES string of the molecule is CCNc1ncnc(N(C)CC2CC2)c1C(C)C. The van der Waals surface area contributed by atoms with Crippen LogP contribution in [0.4, 0.5) is 11.6 Å². The first kappa shape index (κ1) is 13.1. The average Bonchev–Trinajstić information content (AvgIpc) is 3.12. The van der Waals surface area contributed by atoms with E-state index in [4.69, 9.17) is 0 Å². The molecule has 1 aliphatic carbocycles. The van der Waals surface area contributed by atoms with Crippen LogP contribution in [0.15, 0.2) is 6.33 Å². The maximum Gasteiger partial charge on any atom is 0.137 e. The lowest BCUT2D eigenvalue weighted by Crippen LogP contribution is -2.24. The van der Waals surface area contributed by atoms with E-state index in [1.54, 1.807) is 6.33 Å². The van der Waals surface area contributed by atoms with Crippen LogP contribution >= 0.6 is 0 Å². The number of nitrogens with zero attached hydrogens (tertiary/aromatic N) is 3. The van der Waals surface area contributed by atoms with Gasteiger partial charge in [-0.25, -0.2) is 9.97 Å². The zero-order valence-corrected chi connectivity index (χ0v) is 11.9. The Hall–Kier alpha value is -1.32. The molecule has 0 spiro atoms. The first-order valence-electron chi connectivity index (χ1n) is 6.93. The topological polar surface area (TPSA) is 41.1 Å². The highest BCUT2D eigenvalue weighted by molar-refractivity contribution is 5.60. The molecule has 1 heterocycles. The fourth-order valence-electron chi connectivity index (χ4n) is 2.30. The molecule has 2 rings (SSSR count). The summed E-state index contributed by atoms with van der Waals surface area (Å²) in [6, 6.07) is 0. The van der Waals surface area contributed by atoms with Gasteiger partial charge in [0.2, 0.25) is 0 Å². The van der Waals surface area contributed by atoms with Gasteiger partial charge in [0.15, 0.2) is 0 Å². The Morgan fingerprint density at radius 2 is 2.11 bits per heavy atom. The molecule has 0 unspecified atom stereocenters. The van der Waals surface area contributed by atoms with E-state index in [0.717, 1.165) is 30.6 Å². The van der Waals surface area contributed by atoms with Crippen LogP contribution in [0.2, 0.25) is 0 Å². The van der Waals surface area contributed by atoms with Gasteiger partial charge in [-0.1, -0.05) is 13.8 Å². The number of aromatic nitrogens is 2. The van der Waals surface area contributed by atoms with Crippen molar-refractivity contribution in [2.24, 2.45) is 5.92 Å². The molecule has 1 aliphatic rings. The summed E-state index contributed by atoms with van der Waals surface area (Å²) in [5, 5.41) is 3.34. The molecule has 1 N–H and O–H groups in total. The van der Waals surface area contributed by atoms with Crippen LogP contribution in [0, 0.1) is 5.92 Å². The smallest absolute Gasteiger partial charge is 0.137 e. The molecule has 0 atom stereocenters. The second-order valence-electron chi connectivity index (χ2n) is 5.47. The van der Waals surface area contributed by atoms with Crippen molar-refractivity contribution in [3.05, 3.63) is 11.9 Å². The zero-order valence-electron chi connectivity index (χ0n) is 11.9. The van der Waals surface area contributed by atoms with Crippen molar-refractivity contribution in [3.8, 4) is 0 Å². The maximum atomic E-state index is 4.50. The third-order valence-electron chi connectivity index (χ3n) is 3.38. The van der Waals surface area contributed by atoms with Gasteiger partial charge in [-0.15, -0.1) is 0 Å². The molecule has 1 fully saturated rings. The lowest BCUT2D eigenvalue weighted by Gasteiger charge is -2.24. The summed E-state index contributed by atoms with van der Waals surface area (Å²) in [5.74, 6) is 3.37. The molecule has 1 saturated carbocycles. The Bertz CT molecular complexity index is 399. The van der Waals surface area contributed by atoms with Gasteiger partial charge in [-0.3, -0.25) is 0 Å². The third-order valence-corrected chi connectivity index (χ3v) is 3.38. The summed E-state index contributed by atoms with van der Waals surface area (Å²) in [4.78, 5) is 11.2. The molecule has 0 amide bonds. The number of hydrogen-bond donors (Lipinski definition) is 1. The Kier molecular flexibility index (Phi) is 4.04. The van der Waals surface area contributed by atoms with Crippen LogP contribution < -0.4 is 10.2 Å². The Morgan fingerprint density at radius 1 is 1.39 bits per heavy atom. The van der Waals surface area contributed by atoms with Gasteiger partial charge in [-0.2, -0.15) is 0 Å². The Balaban J connectivity index is 2.28. The highest BCUT2D eigenvalue weighted by Crippen LogP contribution is 2.34. The molecule has 4 heteroatoms. The predicted molar refractivity (Wildman–Crippen MR) is 76.3 cm³/mol. The van der Waals surface area contributed by atoms with E-state index in [2.05, 4.69) is 48.0 Å². The molecule has 18 heavy (non-hydrogen) atoms. The number of hydrogen-bond acceptors (Lipinski definition) is 4. The van der Waals surface area contributed by atoms with Crippen LogP contribution in [0.5, 0.6) is 0 Å². The normalized spacial score (nSPS) is 14.9. The molecule has 0 aromatic carbocycles. The standard InChI is InChI=1S/C14H24N4/c1-5-15-13-12(10(2)3)14(17-9-16-13)18(4)8-11-6-7-11/h9-11H,5-8H2,1-4H3,(H,15,16,17). The minimum atomic E-state index is 0.428. The summed E-state index contributed by atoms with van der Waals surface area (Å²) < 4.78 is 0. The van der Waals surface area contributed by atoms with E-state index in [1.165, 1.54) is 18.4 Å². The van der Waals surface area contributed by atoms with Gasteiger partial charge in [-0.05, 0) is 31.6 Å². The molecule has 100 valence electrons. The van der Waals surface area contributed by atoms with Crippen molar-refractivity contribution in [1.29, 1.82) is 0 Å². The maximum absolute atomic E-state index is 4.50. The minimum Gasteiger partial charge on any atom is -0.370 e. The lowest BCUT2D eigenvalue weighted by atomic mass is 10.0. The average molecular weight is 248 g/mol. The summed E-state index contributed by atoms with van der Waals surface area (Å²) in [5.41, 5.74) is 1.24. The lowest BCUT2D eigenvalue weighted by molar-refractivity contribution is 0.754. The van der Waals surface area contributed by atoms with Crippen LogP contribution in [0.3, 0.4) is 0 Å². The fourth-order valence-corrected chi connectivity index (χ4v) is 2.30. The first-order valence-corrected chi connectivity index (χ1v) is 6.93. The van der Waals surface area contributed by atoms with Gasteiger partial charge in [0, 0.05) is 25.7 Å². The van der Waals surface area contributed by atoms with E-state index >= 15 is 0 Å². The quantitative estimate of drug-likeness (QED) is 0.840. The molecule has 0 saturated heterocycles. The highest BCUT2D eigenvalue weighted by Gasteiger charge is 2.25. The van der Waals surface area contributed by atoms with Crippen molar-refractivity contribution in [1.82, 2.24) is 9.97 Å². The van der Waals surface area contributed by atoms with Crippen LogP contribution in [-0.4, -0.2) is 30.1 Å². The molecule has 0 bridgehead atoms. The van der Waals surface area contributed by atoms with Gasteiger partial charge in [0.05, 0.1) is 0 Å². The number of anilines is 2. The van der Waals surface area contributed by atoms with Gasteiger partial charge in [0.1, 0.15) is 18.0 Å². The summed E-state index contributed by atoms with van der Waals surface area (Å²) in [7, 11) is 2.14. The number of nitrogens with one attached hydrogen (secondary N) is 1. The van der Waals surface area contributed by atoms with Crippen LogP contribution in [-0.2, 0) is 0 Å². The largest absolute Gasteiger partial charge is 0.370 e. The monoisotopic (exact) mass is 248 g/mol. The molecule has 0 aliphatic heterocycles. The van der Waals surface area contributed by atoms with E-state index in [-0.39, 0.29) is 0 Å². The second-order valence-corrected chi connectivity index (χ2v) is 5.47. The summed E-state index contributed by atoms with van der Waals surface area (Å²) in [6.45, 7) is 8.51. The van der Waals surface area contributed by atoms with Gasteiger partial charge < -0.3 is 10.2 Å². The third kappa shape index (κ3) is 2.92. The van der Waals surface area contributed by atoms with Crippen molar-refractivity contribution in [3.63, 3.8) is 0 Å². The highest BCUT2D eigenvalue weighted by atomic mass is 15.2. The minimum absolute atomic E-state index is 0.428. The van der Waals surface area contributed by atoms with Crippen LogP contribution in [0.25, 0.3) is 0 Å². The van der Waals surface area contributed by atoms with E-state index in [9.17, 15) is 0 Å². The summed E-state index contributed by atoms with van der Waals surface area (Å²) in [6.07, 6.45) is 4.40. The van der Waals surface area contributed by atoms with Crippen LogP contribution in [0.1, 0.15) is 45.1 Å². The summed E-state index contributed by atoms with van der Waals surface area (Å²) >= 11 is 0. The fraction of sp³-hybridized carbons (Fsp3) is 0.714. The molecule has 0 radical (unpaired) electrons. The first-order chi connectivity index (χ1) is 8.63. The van der Waals surface area contributed by atoms with E-state index in [0.29, 0.717) is 5.92 Å². The Morgan fingerprint density at radius 3 is 2.67 bits per heavy atom. The molecular weight excluding hydrogens is 224 g/mol. The predicted octanol–water partition coefficient (Wildman–Crippen LogP) is 2.88. The van der Waals surface area contributed by atoms with Gasteiger partial charge in [0.25, 0.3) is 0 Å². The second kappa shape index (κ2) is 5.55. The van der Waals surface area contributed by atoms with Crippen molar-refractivity contribution in [2.45, 2.75) is 39.5 Å². The molecule has 1 aromatic heterocycles. The molecule has 4 nitrogen and oxygen atoms in total. The van der Waals surface area contributed by atoms with Crippen molar-refractivity contribution < 1.29 is 0 Å². The van der Waals surface area contributed by atoms with Gasteiger partial charge >= 0.3 is 0 Å². The van der Waals surface area contributed by atoms with E-state index < -0.39 is 0 Å². The molecular formula is C14H24N4. The zero-order chi connectivity index (χ0) is 13.1. The van der Waals surface area contributed by atoms with Crippen molar-refractivity contribution >= 4 is 11.6 Å². The van der Waals surface area contributed by atoms with Crippen molar-refractivity contribution in [2.75, 3.05) is 30.4 Å². The van der Waals surface area contributed by atoms with E-state index in [1.807, 2.05) is 0 Å². The number of rotatable bonds is 6. The molecule has 1 aromatic rings.